The lowest BCUT2D eigenvalue weighted by atomic mass is 9.99. The van der Waals surface area contributed by atoms with Crippen LogP contribution in [0.15, 0.2) is 57.7 Å². The molecule has 1 aliphatic rings. The van der Waals surface area contributed by atoms with Crippen molar-refractivity contribution in [2.24, 2.45) is 0 Å². The van der Waals surface area contributed by atoms with Crippen molar-refractivity contribution in [1.29, 1.82) is 0 Å². The van der Waals surface area contributed by atoms with Gasteiger partial charge >= 0.3 is 0 Å². The standard InChI is InChI=1S/C22H15ClN2O3S/c1-11-12(2)29-22(24-11)25-18(13-6-5-7-14(23)10-13)17-19(26)15-8-3-4-9-16(15)28-20(17)21(25)27/h3-10,18H,1-2H3/t18-/m1/s1. The molecule has 1 aliphatic heterocycles. The maximum atomic E-state index is 13.4. The first-order valence-corrected chi connectivity index (χ1v) is 10.2. The van der Waals surface area contributed by atoms with Gasteiger partial charge < -0.3 is 4.42 Å². The molecule has 7 heteroatoms. The Bertz CT molecular complexity index is 1340. The molecule has 0 bridgehead atoms. The third kappa shape index (κ3) is 2.71. The Hall–Kier alpha value is -2.96. The number of hydrogen-bond acceptors (Lipinski definition) is 5. The fourth-order valence-electron chi connectivity index (χ4n) is 3.67. The van der Waals surface area contributed by atoms with E-state index in [1.807, 2.05) is 19.9 Å². The Morgan fingerprint density at radius 3 is 2.62 bits per heavy atom. The zero-order valence-electron chi connectivity index (χ0n) is 15.6. The minimum absolute atomic E-state index is 0.0594. The van der Waals surface area contributed by atoms with Crippen LogP contribution in [0.5, 0.6) is 0 Å². The summed E-state index contributed by atoms with van der Waals surface area (Å²) in [6.45, 7) is 3.85. The number of benzene rings is 2. The van der Waals surface area contributed by atoms with Gasteiger partial charge in [-0.05, 0) is 43.7 Å². The summed E-state index contributed by atoms with van der Waals surface area (Å²) in [4.78, 5) is 33.9. The molecule has 4 aromatic rings. The zero-order valence-corrected chi connectivity index (χ0v) is 17.2. The van der Waals surface area contributed by atoms with Gasteiger partial charge in [0.1, 0.15) is 5.58 Å². The molecule has 0 unspecified atom stereocenters. The second-order valence-electron chi connectivity index (χ2n) is 6.94. The highest BCUT2D eigenvalue weighted by Gasteiger charge is 2.45. The van der Waals surface area contributed by atoms with Gasteiger partial charge in [0.05, 0.1) is 22.7 Å². The van der Waals surface area contributed by atoms with Crippen LogP contribution in [0.4, 0.5) is 5.13 Å². The van der Waals surface area contributed by atoms with Gasteiger partial charge in [0.2, 0.25) is 5.76 Å². The second-order valence-corrected chi connectivity index (χ2v) is 8.56. The molecular formula is C22H15ClN2O3S. The Morgan fingerprint density at radius 1 is 1.10 bits per heavy atom. The fourth-order valence-corrected chi connectivity index (χ4v) is 4.80. The smallest absolute Gasteiger partial charge is 0.297 e. The number of thiazole rings is 1. The van der Waals surface area contributed by atoms with Crippen LogP contribution in [0.3, 0.4) is 0 Å². The molecule has 5 rings (SSSR count). The summed E-state index contributed by atoms with van der Waals surface area (Å²) in [6, 6.07) is 13.5. The Balaban J connectivity index is 1.84. The number of amides is 1. The number of anilines is 1. The molecule has 0 fully saturated rings. The van der Waals surface area contributed by atoms with Gasteiger partial charge in [0.15, 0.2) is 10.6 Å². The van der Waals surface area contributed by atoms with Crippen LogP contribution in [-0.2, 0) is 0 Å². The van der Waals surface area contributed by atoms with Crippen molar-refractivity contribution < 1.29 is 9.21 Å². The molecule has 0 N–H and O–H groups in total. The fraction of sp³-hybridized carbons (Fsp3) is 0.136. The molecule has 3 heterocycles. The van der Waals surface area contributed by atoms with Gasteiger partial charge in [-0.25, -0.2) is 4.98 Å². The summed E-state index contributed by atoms with van der Waals surface area (Å²) in [5.74, 6) is -0.314. The number of aryl methyl sites for hydroxylation is 2. The summed E-state index contributed by atoms with van der Waals surface area (Å²) >= 11 is 7.64. The second kappa shape index (κ2) is 6.54. The number of carbonyl (C=O) groups excluding carboxylic acids is 1. The lowest BCUT2D eigenvalue weighted by molar-refractivity contribution is 0.0971. The van der Waals surface area contributed by atoms with Gasteiger partial charge in [-0.15, -0.1) is 11.3 Å². The van der Waals surface area contributed by atoms with E-state index in [-0.39, 0.29) is 17.1 Å². The highest BCUT2D eigenvalue weighted by atomic mass is 35.5. The van der Waals surface area contributed by atoms with E-state index in [9.17, 15) is 9.59 Å². The lowest BCUT2D eigenvalue weighted by Gasteiger charge is -2.22. The van der Waals surface area contributed by atoms with E-state index in [1.165, 1.54) is 11.3 Å². The van der Waals surface area contributed by atoms with Crippen LogP contribution in [-0.4, -0.2) is 10.9 Å². The molecule has 0 radical (unpaired) electrons. The van der Waals surface area contributed by atoms with Crippen molar-refractivity contribution >= 4 is 44.9 Å². The van der Waals surface area contributed by atoms with Gasteiger partial charge in [0, 0.05) is 9.90 Å². The summed E-state index contributed by atoms with van der Waals surface area (Å²) in [5, 5.41) is 1.50. The van der Waals surface area contributed by atoms with Gasteiger partial charge in [-0.1, -0.05) is 35.9 Å². The van der Waals surface area contributed by atoms with Gasteiger partial charge in [0.25, 0.3) is 5.91 Å². The summed E-state index contributed by atoms with van der Waals surface area (Å²) in [6.07, 6.45) is 0. The van der Waals surface area contributed by atoms with Crippen molar-refractivity contribution in [3.8, 4) is 0 Å². The highest BCUT2D eigenvalue weighted by Crippen LogP contribution is 2.43. The summed E-state index contributed by atoms with van der Waals surface area (Å²) in [5.41, 5.74) is 2.08. The average molecular weight is 423 g/mol. The minimum Gasteiger partial charge on any atom is -0.450 e. The Kier molecular flexibility index (Phi) is 4.08. The topological polar surface area (TPSA) is 63.4 Å². The van der Waals surface area contributed by atoms with E-state index >= 15 is 0 Å². The summed E-state index contributed by atoms with van der Waals surface area (Å²) in [7, 11) is 0. The van der Waals surface area contributed by atoms with Gasteiger partial charge in [-0.2, -0.15) is 0 Å². The first kappa shape index (κ1) is 18.1. The maximum Gasteiger partial charge on any atom is 0.297 e. The number of rotatable bonds is 2. The van der Waals surface area contributed by atoms with Crippen molar-refractivity contribution in [3.63, 3.8) is 0 Å². The average Bonchev–Trinajstić information content (AvgIpc) is 3.19. The largest absolute Gasteiger partial charge is 0.450 e. The summed E-state index contributed by atoms with van der Waals surface area (Å²) < 4.78 is 5.92. The zero-order chi connectivity index (χ0) is 20.3. The maximum absolute atomic E-state index is 13.4. The van der Waals surface area contributed by atoms with E-state index < -0.39 is 6.04 Å². The van der Waals surface area contributed by atoms with E-state index in [2.05, 4.69) is 4.98 Å². The molecule has 29 heavy (non-hydrogen) atoms. The molecule has 2 aromatic heterocycles. The molecule has 1 atom stereocenters. The van der Waals surface area contributed by atoms with Crippen molar-refractivity contribution in [2.75, 3.05) is 4.90 Å². The number of aromatic nitrogens is 1. The van der Waals surface area contributed by atoms with E-state index in [1.54, 1.807) is 47.4 Å². The van der Waals surface area contributed by atoms with E-state index in [4.69, 9.17) is 16.0 Å². The Morgan fingerprint density at radius 2 is 1.90 bits per heavy atom. The molecule has 0 spiro atoms. The molecular weight excluding hydrogens is 408 g/mol. The van der Waals surface area contributed by atoms with E-state index in [0.717, 1.165) is 16.1 Å². The van der Waals surface area contributed by atoms with Crippen LogP contribution < -0.4 is 10.3 Å². The van der Waals surface area contributed by atoms with E-state index in [0.29, 0.717) is 26.7 Å². The number of para-hydroxylation sites is 1. The Labute approximate surface area is 175 Å². The van der Waals surface area contributed by atoms with Crippen molar-refractivity contribution in [2.45, 2.75) is 19.9 Å². The molecule has 0 aliphatic carbocycles. The highest BCUT2D eigenvalue weighted by molar-refractivity contribution is 7.15. The lowest BCUT2D eigenvalue weighted by Crippen LogP contribution is -2.29. The van der Waals surface area contributed by atoms with Gasteiger partial charge in [-0.3, -0.25) is 14.5 Å². The minimum atomic E-state index is -0.651. The number of nitrogens with zero attached hydrogens (tertiary/aromatic N) is 2. The number of hydrogen-bond donors (Lipinski definition) is 0. The number of fused-ring (bicyclic) bond motifs is 2. The van der Waals surface area contributed by atoms with Crippen LogP contribution >= 0.6 is 22.9 Å². The first-order chi connectivity index (χ1) is 14.0. The van der Waals surface area contributed by atoms with Crippen molar-refractivity contribution in [3.05, 3.63) is 91.2 Å². The molecule has 144 valence electrons. The molecule has 0 saturated carbocycles. The predicted molar refractivity (Wildman–Crippen MR) is 114 cm³/mol. The van der Waals surface area contributed by atoms with Crippen LogP contribution in [0, 0.1) is 13.8 Å². The quantitative estimate of drug-likeness (QED) is 0.441. The monoisotopic (exact) mass is 422 g/mol. The number of carbonyl (C=O) groups is 1. The van der Waals surface area contributed by atoms with Crippen LogP contribution in [0.2, 0.25) is 5.02 Å². The first-order valence-electron chi connectivity index (χ1n) is 9.04. The third-order valence-electron chi connectivity index (χ3n) is 5.17. The normalized spacial score (nSPS) is 15.9. The van der Waals surface area contributed by atoms with Crippen LogP contribution in [0.1, 0.15) is 38.3 Å². The van der Waals surface area contributed by atoms with Crippen LogP contribution in [0.25, 0.3) is 11.0 Å². The number of halogens is 1. The molecule has 0 saturated heterocycles. The predicted octanol–water partition coefficient (Wildman–Crippen LogP) is 5.27. The third-order valence-corrected chi connectivity index (χ3v) is 6.47. The van der Waals surface area contributed by atoms with Crippen molar-refractivity contribution in [1.82, 2.24) is 4.98 Å². The molecule has 2 aromatic carbocycles. The molecule has 1 amide bonds. The SMILES string of the molecule is Cc1nc(N2C(=O)c3oc4ccccc4c(=O)c3[C@H]2c2cccc(Cl)c2)sc1C. The molecule has 5 nitrogen and oxygen atoms in total.